The molecule has 0 atom stereocenters. The molecule has 0 saturated heterocycles. The van der Waals surface area contributed by atoms with E-state index < -0.39 is 0 Å². The number of carbonyl (C=O) groups is 1. The SMILES string of the molecule is O=C(NCCCCCO)c1cc(Cl)ccc1Br. The molecule has 0 bridgehead atoms. The minimum absolute atomic E-state index is 0.136. The largest absolute Gasteiger partial charge is 0.396 e. The van der Waals surface area contributed by atoms with E-state index in [1.165, 1.54) is 0 Å². The molecule has 5 heteroatoms. The molecule has 1 rings (SSSR count). The molecule has 0 unspecified atom stereocenters. The van der Waals surface area contributed by atoms with Gasteiger partial charge in [-0.25, -0.2) is 0 Å². The molecular weight excluding hydrogens is 305 g/mol. The van der Waals surface area contributed by atoms with Crippen LogP contribution >= 0.6 is 27.5 Å². The summed E-state index contributed by atoms with van der Waals surface area (Å²) in [5.41, 5.74) is 0.541. The normalized spacial score (nSPS) is 10.3. The summed E-state index contributed by atoms with van der Waals surface area (Å²) in [4.78, 5) is 11.8. The average Bonchev–Trinajstić information content (AvgIpc) is 2.32. The fraction of sp³-hybridized carbons (Fsp3) is 0.417. The maximum Gasteiger partial charge on any atom is 0.252 e. The van der Waals surface area contributed by atoms with E-state index >= 15 is 0 Å². The predicted molar refractivity (Wildman–Crippen MR) is 72.4 cm³/mol. The zero-order chi connectivity index (χ0) is 12.7. The molecule has 0 saturated carbocycles. The number of aliphatic hydroxyl groups excluding tert-OH is 1. The summed E-state index contributed by atoms with van der Waals surface area (Å²) in [5, 5.41) is 12.0. The molecule has 1 aromatic carbocycles. The highest BCUT2D eigenvalue weighted by Gasteiger charge is 2.09. The monoisotopic (exact) mass is 319 g/mol. The van der Waals surface area contributed by atoms with E-state index in [9.17, 15) is 4.79 Å². The van der Waals surface area contributed by atoms with Crippen molar-refractivity contribution in [3.63, 3.8) is 0 Å². The summed E-state index contributed by atoms with van der Waals surface area (Å²) in [5.74, 6) is -0.136. The molecule has 3 nitrogen and oxygen atoms in total. The number of unbranched alkanes of at least 4 members (excludes halogenated alkanes) is 2. The van der Waals surface area contributed by atoms with Gasteiger partial charge in [0.2, 0.25) is 0 Å². The third kappa shape index (κ3) is 5.06. The molecule has 0 heterocycles. The fourth-order valence-corrected chi connectivity index (χ4v) is 1.98. The summed E-state index contributed by atoms with van der Waals surface area (Å²) in [6.45, 7) is 0.811. The number of hydrogen-bond acceptors (Lipinski definition) is 2. The van der Waals surface area contributed by atoms with Crippen molar-refractivity contribution in [1.82, 2.24) is 5.32 Å². The van der Waals surface area contributed by atoms with Gasteiger partial charge in [-0.05, 0) is 53.4 Å². The number of carbonyl (C=O) groups excluding carboxylic acids is 1. The van der Waals surface area contributed by atoms with Crippen LogP contribution in [-0.4, -0.2) is 24.2 Å². The predicted octanol–water partition coefficient (Wildman–Crippen LogP) is 2.99. The molecule has 0 aliphatic heterocycles. The van der Waals surface area contributed by atoms with Crippen molar-refractivity contribution < 1.29 is 9.90 Å². The fourth-order valence-electron chi connectivity index (χ4n) is 1.38. The van der Waals surface area contributed by atoms with Crippen molar-refractivity contribution in [2.24, 2.45) is 0 Å². The first kappa shape index (κ1) is 14.5. The van der Waals surface area contributed by atoms with Gasteiger partial charge in [0.15, 0.2) is 0 Å². The standard InChI is InChI=1S/C12H15BrClNO2/c13-11-5-4-9(14)8-10(11)12(17)15-6-2-1-3-7-16/h4-5,8,16H,1-3,6-7H2,(H,15,17). The molecule has 1 amide bonds. The smallest absolute Gasteiger partial charge is 0.252 e. The number of halogens is 2. The third-order valence-corrected chi connectivity index (χ3v) is 3.22. The Labute approximate surface area is 114 Å². The topological polar surface area (TPSA) is 49.3 Å². The van der Waals surface area contributed by atoms with Gasteiger partial charge in [-0.3, -0.25) is 4.79 Å². The average molecular weight is 321 g/mol. The minimum Gasteiger partial charge on any atom is -0.396 e. The van der Waals surface area contributed by atoms with Crippen molar-refractivity contribution in [3.05, 3.63) is 33.3 Å². The van der Waals surface area contributed by atoms with Gasteiger partial charge in [0.05, 0.1) is 5.56 Å². The summed E-state index contributed by atoms with van der Waals surface area (Å²) < 4.78 is 0.731. The number of hydrogen-bond donors (Lipinski definition) is 2. The van der Waals surface area contributed by atoms with Crippen LogP contribution in [0.25, 0.3) is 0 Å². The van der Waals surface area contributed by atoms with Crippen LogP contribution in [0.15, 0.2) is 22.7 Å². The lowest BCUT2D eigenvalue weighted by molar-refractivity contribution is 0.0952. The molecule has 0 radical (unpaired) electrons. The highest BCUT2D eigenvalue weighted by Crippen LogP contribution is 2.20. The van der Waals surface area contributed by atoms with Gasteiger partial charge in [0, 0.05) is 22.6 Å². The Kier molecular flexibility index (Phi) is 6.55. The second kappa shape index (κ2) is 7.69. The third-order valence-electron chi connectivity index (χ3n) is 2.29. The lowest BCUT2D eigenvalue weighted by Gasteiger charge is -2.07. The molecule has 0 aromatic heterocycles. The Morgan fingerprint density at radius 2 is 2.12 bits per heavy atom. The van der Waals surface area contributed by atoms with Gasteiger partial charge < -0.3 is 10.4 Å². The van der Waals surface area contributed by atoms with Crippen LogP contribution in [0.5, 0.6) is 0 Å². The Bertz CT molecular complexity index is 385. The van der Waals surface area contributed by atoms with E-state index in [4.69, 9.17) is 16.7 Å². The van der Waals surface area contributed by atoms with Crippen LogP contribution in [0.3, 0.4) is 0 Å². The highest BCUT2D eigenvalue weighted by molar-refractivity contribution is 9.10. The van der Waals surface area contributed by atoms with Crippen LogP contribution in [0.2, 0.25) is 5.02 Å². The second-order valence-corrected chi connectivity index (χ2v) is 4.96. The molecule has 94 valence electrons. The quantitative estimate of drug-likeness (QED) is 0.792. The van der Waals surface area contributed by atoms with Gasteiger partial charge in [-0.1, -0.05) is 11.6 Å². The van der Waals surface area contributed by atoms with Gasteiger partial charge in [-0.2, -0.15) is 0 Å². The van der Waals surface area contributed by atoms with Crippen molar-refractivity contribution in [1.29, 1.82) is 0 Å². The first-order chi connectivity index (χ1) is 8.15. The van der Waals surface area contributed by atoms with E-state index in [0.717, 1.165) is 23.7 Å². The number of aliphatic hydroxyl groups is 1. The van der Waals surface area contributed by atoms with E-state index in [1.807, 2.05) is 0 Å². The van der Waals surface area contributed by atoms with Gasteiger partial charge in [0.1, 0.15) is 0 Å². The van der Waals surface area contributed by atoms with E-state index in [-0.39, 0.29) is 12.5 Å². The van der Waals surface area contributed by atoms with E-state index in [1.54, 1.807) is 18.2 Å². The zero-order valence-corrected chi connectivity index (χ0v) is 11.7. The van der Waals surface area contributed by atoms with Crippen molar-refractivity contribution in [2.45, 2.75) is 19.3 Å². The Balaban J connectivity index is 2.44. The Morgan fingerprint density at radius 3 is 2.82 bits per heavy atom. The number of benzene rings is 1. The summed E-state index contributed by atoms with van der Waals surface area (Å²) in [6, 6.07) is 5.11. The number of rotatable bonds is 6. The van der Waals surface area contributed by atoms with Crippen LogP contribution in [0.1, 0.15) is 29.6 Å². The summed E-state index contributed by atoms with van der Waals surface area (Å²) in [7, 11) is 0. The van der Waals surface area contributed by atoms with Gasteiger partial charge in [-0.15, -0.1) is 0 Å². The first-order valence-corrected chi connectivity index (χ1v) is 6.66. The molecule has 1 aromatic rings. The highest BCUT2D eigenvalue weighted by atomic mass is 79.9. The molecule has 0 spiro atoms. The molecular formula is C12H15BrClNO2. The Hall–Kier alpha value is -0.580. The van der Waals surface area contributed by atoms with Crippen LogP contribution in [-0.2, 0) is 0 Å². The number of amides is 1. The zero-order valence-electron chi connectivity index (χ0n) is 9.38. The first-order valence-electron chi connectivity index (χ1n) is 5.49. The van der Waals surface area contributed by atoms with E-state index in [0.29, 0.717) is 17.1 Å². The maximum atomic E-state index is 11.8. The second-order valence-electron chi connectivity index (χ2n) is 3.66. The lowest BCUT2D eigenvalue weighted by Crippen LogP contribution is -2.24. The van der Waals surface area contributed by atoms with Gasteiger partial charge >= 0.3 is 0 Å². The van der Waals surface area contributed by atoms with Crippen molar-refractivity contribution in [3.8, 4) is 0 Å². The molecule has 0 aliphatic carbocycles. The summed E-state index contributed by atoms with van der Waals surface area (Å²) in [6.07, 6.45) is 2.55. The summed E-state index contributed by atoms with van der Waals surface area (Å²) >= 11 is 9.15. The molecule has 17 heavy (non-hydrogen) atoms. The Morgan fingerprint density at radius 1 is 1.35 bits per heavy atom. The number of nitrogens with one attached hydrogen (secondary N) is 1. The maximum absolute atomic E-state index is 11.8. The van der Waals surface area contributed by atoms with Crippen molar-refractivity contribution >= 4 is 33.4 Å². The molecule has 0 fully saturated rings. The van der Waals surface area contributed by atoms with Crippen LogP contribution in [0.4, 0.5) is 0 Å². The van der Waals surface area contributed by atoms with Crippen molar-refractivity contribution in [2.75, 3.05) is 13.2 Å². The van der Waals surface area contributed by atoms with E-state index in [2.05, 4.69) is 21.2 Å². The minimum atomic E-state index is -0.136. The van der Waals surface area contributed by atoms with Crippen LogP contribution in [0, 0.1) is 0 Å². The lowest BCUT2D eigenvalue weighted by atomic mass is 10.2. The van der Waals surface area contributed by atoms with Gasteiger partial charge in [0.25, 0.3) is 5.91 Å². The molecule has 2 N–H and O–H groups in total. The van der Waals surface area contributed by atoms with Crippen LogP contribution < -0.4 is 5.32 Å². The molecule has 0 aliphatic rings.